The molecule has 0 radical (unpaired) electrons. The third-order valence-corrected chi connectivity index (χ3v) is 9.06. The molecule has 0 saturated carbocycles. The maximum absolute atomic E-state index is 14.1. The molecule has 2 aromatic carbocycles. The first-order valence-electron chi connectivity index (χ1n) is 14.8. The van der Waals surface area contributed by atoms with Gasteiger partial charge in [-0.3, -0.25) is 24.1 Å². The highest BCUT2D eigenvalue weighted by Gasteiger charge is 2.63. The quantitative estimate of drug-likeness (QED) is 0.171. The number of fused-ring (bicyclic) bond motifs is 3. The highest BCUT2D eigenvalue weighted by Crippen LogP contribution is 2.53. The zero-order valence-corrected chi connectivity index (χ0v) is 25.9. The molecule has 3 aliphatic rings. The number of phenols is 1. The van der Waals surface area contributed by atoms with E-state index in [-0.39, 0.29) is 48.8 Å². The van der Waals surface area contributed by atoms with Crippen molar-refractivity contribution in [3.8, 4) is 22.6 Å². The van der Waals surface area contributed by atoms with E-state index >= 15 is 0 Å². The standard InChI is InChI=1S/C33H37N3O10/c1-5-46-23(38)14-35-13-15-6-9-22(45-4)18(10-15)17-7-8-21(37)25-19(17)11-16-12-20-27(36(2)3)29(40)26(32(34)43)31(42)33(20,44)30(41)24(16)28(25)39/h6-10,16,20,27,35,37,40-41,44H,5,11-14H2,1-4H3,(H2,34,43)/t16-,20-,27-,33-/m0/s1. The normalized spacial score (nSPS) is 24.0. The van der Waals surface area contributed by atoms with Gasteiger partial charge >= 0.3 is 5.97 Å². The number of ketones is 2. The van der Waals surface area contributed by atoms with E-state index in [1.165, 1.54) is 18.1 Å². The molecule has 4 atom stereocenters. The molecule has 46 heavy (non-hydrogen) atoms. The van der Waals surface area contributed by atoms with Gasteiger partial charge in [-0.25, -0.2) is 0 Å². The Kier molecular flexibility index (Phi) is 8.69. The molecule has 0 aliphatic heterocycles. The average Bonchev–Trinajstić information content (AvgIpc) is 2.99. The number of rotatable bonds is 9. The van der Waals surface area contributed by atoms with E-state index in [1.807, 2.05) is 12.1 Å². The number of nitrogens with one attached hydrogen (secondary N) is 1. The number of allylic oxidation sites excluding steroid dienone is 1. The van der Waals surface area contributed by atoms with E-state index in [2.05, 4.69) is 5.32 Å². The fourth-order valence-corrected chi connectivity index (χ4v) is 7.10. The number of aliphatic hydroxyl groups excluding tert-OH is 2. The number of hydrogen-bond donors (Lipinski definition) is 6. The number of amides is 1. The minimum Gasteiger partial charge on any atom is -0.510 e. The first kappa shape index (κ1) is 32.7. The number of nitrogens with two attached hydrogens (primary N) is 1. The first-order chi connectivity index (χ1) is 21.8. The Labute approximate surface area is 264 Å². The van der Waals surface area contributed by atoms with Crippen molar-refractivity contribution >= 4 is 23.4 Å². The summed E-state index contributed by atoms with van der Waals surface area (Å²) in [5.41, 5.74) is 3.93. The summed E-state index contributed by atoms with van der Waals surface area (Å²) >= 11 is 0. The SMILES string of the molecule is CCOC(=O)CNCc1ccc(OC)c(-c2ccc(O)c3c2C[C@H]2C[C@H]4[C@H](N(C)C)C(O)=C(C(N)=O)C(=O)[C@@]4(O)C(O)=C2C3=O)c1. The smallest absolute Gasteiger partial charge is 0.319 e. The molecular formula is C33H37N3O10. The second-order valence-electron chi connectivity index (χ2n) is 11.9. The fourth-order valence-electron chi connectivity index (χ4n) is 7.10. The lowest BCUT2D eigenvalue weighted by Crippen LogP contribution is -2.63. The molecule has 2 aromatic rings. The maximum atomic E-state index is 14.1. The Morgan fingerprint density at radius 3 is 2.46 bits per heavy atom. The van der Waals surface area contributed by atoms with Crippen molar-refractivity contribution in [2.75, 3.05) is 34.4 Å². The summed E-state index contributed by atoms with van der Waals surface area (Å²) in [5, 5.41) is 48.3. The van der Waals surface area contributed by atoms with Gasteiger partial charge in [0.1, 0.15) is 28.6 Å². The van der Waals surface area contributed by atoms with Gasteiger partial charge in [0.25, 0.3) is 5.91 Å². The average molecular weight is 636 g/mol. The van der Waals surface area contributed by atoms with Gasteiger partial charge in [0.05, 0.1) is 31.9 Å². The number of aromatic hydroxyl groups is 1. The predicted octanol–water partition coefficient (Wildman–Crippen LogP) is 1.45. The van der Waals surface area contributed by atoms with Crippen LogP contribution in [0.5, 0.6) is 11.5 Å². The number of aliphatic hydroxyl groups is 3. The molecule has 13 nitrogen and oxygen atoms in total. The van der Waals surface area contributed by atoms with Crippen LogP contribution < -0.4 is 15.8 Å². The molecule has 0 unspecified atom stereocenters. The lowest BCUT2D eigenvalue weighted by atomic mass is 9.58. The molecule has 0 aromatic heterocycles. The maximum Gasteiger partial charge on any atom is 0.319 e. The number of likely N-dealkylation sites (N-methyl/N-ethyl adjacent to an activating group) is 1. The van der Waals surface area contributed by atoms with Gasteiger partial charge in [0, 0.05) is 23.6 Å². The summed E-state index contributed by atoms with van der Waals surface area (Å²) in [5.74, 6) is -7.05. The Balaban J connectivity index is 1.61. The van der Waals surface area contributed by atoms with Crippen LogP contribution in [-0.2, 0) is 32.1 Å². The number of nitrogens with zero attached hydrogens (tertiary/aromatic N) is 1. The van der Waals surface area contributed by atoms with Gasteiger partial charge < -0.3 is 41.0 Å². The number of methoxy groups -OCH3 is 1. The van der Waals surface area contributed by atoms with Crippen LogP contribution in [0, 0.1) is 11.8 Å². The van der Waals surface area contributed by atoms with E-state index in [9.17, 15) is 39.6 Å². The van der Waals surface area contributed by atoms with Crippen LogP contribution in [0.25, 0.3) is 11.1 Å². The van der Waals surface area contributed by atoms with Crippen LogP contribution in [0.2, 0.25) is 0 Å². The van der Waals surface area contributed by atoms with Crippen LogP contribution in [-0.4, -0.2) is 94.8 Å². The van der Waals surface area contributed by atoms with Crippen LogP contribution in [0.3, 0.4) is 0 Å². The summed E-state index contributed by atoms with van der Waals surface area (Å²) in [7, 11) is 4.65. The van der Waals surface area contributed by atoms with E-state index in [1.54, 1.807) is 33.2 Å². The molecule has 3 aliphatic carbocycles. The Morgan fingerprint density at radius 2 is 1.83 bits per heavy atom. The summed E-state index contributed by atoms with van der Waals surface area (Å²) < 4.78 is 10.6. The second kappa shape index (κ2) is 12.2. The second-order valence-corrected chi connectivity index (χ2v) is 11.9. The molecule has 13 heteroatoms. The number of carbonyl (C=O) groups excluding carboxylic acids is 4. The number of ether oxygens (including phenoxy) is 2. The van der Waals surface area contributed by atoms with Crippen molar-refractivity contribution in [3.05, 3.63) is 69.7 Å². The van der Waals surface area contributed by atoms with Gasteiger partial charge in [0.15, 0.2) is 11.4 Å². The highest BCUT2D eigenvalue weighted by molar-refractivity contribution is 6.25. The summed E-state index contributed by atoms with van der Waals surface area (Å²) in [6, 6.07) is 7.32. The number of Topliss-reactive ketones (excluding diaryl/α,β-unsaturated/α-hetero) is 2. The molecule has 0 heterocycles. The lowest BCUT2D eigenvalue weighted by Gasteiger charge is -2.50. The Morgan fingerprint density at radius 1 is 1.11 bits per heavy atom. The van der Waals surface area contributed by atoms with Crippen molar-refractivity contribution in [3.63, 3.8) is 0 Å². The highest BCUT2D eigenvalue weighted by atomic mass is 16.5. The van der Waals surface area contributed by atoms with Crippen molar-refractivity contribution in [1.82, 2.24) is 10.2 Å². The van der Waals surface area contributed by atoms with Crippen LogP contribution in [0.4, 0.5) is 0 Å². The van der Waals surface area contributed by atoms with Crippen molar-refractivity contribution in [1.29, 1.82) is 0 Å². The van der Waals surface area contributed by atoms with Crippen LogP contribution >= 0.6 is 0 Å². The van der Waals surface area contributed by atoms with E-state index in [0.717, 1.165) is 5.56 Å². The predicted molar refractivity (Wildman–Crippen MR) is 164 cm³/mol. The first-order valence-corrected chi connectivity index (χ1v) is 14.8. The van der Waals surface area contributed by atoms with Gasteiger partial charge in [-0.1, -0.05) is 12.1 Å². The largest absolute Gasteiger partial charge is 0.510 e. The van der Waals surface area contributed by atoms with E-state index < -0.39 is 58.0 Å². The molecule has 0 spiro atoms. The Hall–Kier alpha value is -4.72. The van der Waals surface area contributed by atoms with Gasteiger partial charge in [0.2, 0.25) is 5.78 Å². The van der Waals surface area contributed by atoms with Gasteiger partial charge in [-0.05, 0) is 74.7 Å². The summed E-state index contributed by atoms with van der Waals surface area (Å²) in [6.45, 7) is 2.32. The minimum absolute atomic E-state index is 0.00817. The van der Waals surface area contributed by atoms with E-state index in [0.29, 0.717) is 29.0 Å². The number of esters is 1. The third-order valence-electron chi connectivity index (χ3n) is 9.06. The van der Waals surface area contributed by atoms with E-state index in [4.69, 9.17) is 15.2 Å². The third kappa shape index (κ3) is 5.10. The number of carbonyl (C=O) groups is 4. The van der Waals surface area contributed by atoms with Gasteiger partial charge in [-0.2, -0.15) is 0 Å². The molecule has 5 rings (SSSR count). The number of hydrogen-bond acceptors (Lipinski definition) is 12. The summed E-state index contributed by atoms with van der Waals surface area (Å²) in [6.07, 6.45) is 0.0859. The molecule has 1 amide bonds. The summed E-state index contributed by atoms with van der Waals surface area (Å²) in [4.78, 5) is 53.1. The van der Waals surface area contributed by atoms with Gasteiger partial charge in [-0.15, -0.1) is 0 Å². The lowest BCUT2D eigenvalue weighted by molar-refractivity contribution is -0.148. The van der Waals surface area contributed by atoms with Crippen molar-refractivity contribution in [2.24, 2.45) is 17.6 Å². The molecule has 0 bridgehead atoms. The molecule has 7 N–H and O–H groups in total. The molecule has 0 saturated heterocycles. The van der Waals surface area contributed by atoms with Crippen molar-refractivity contribution < 1.29 is 49.1 Å². The zero-order valence-electron chi connectivity index (χ0n) is 25.9. The molecule has 0 fully saturated rings. The topological polar surface area (TPSA) is 209 Å². The van der Waals surface area contributed by atoms with Crippen LogP contribution in [0.1, 0.15) is 34.8 Å². The number of phenolic OH excluding ortho intramolecular Hbond substituents is 1. The number of primary amides is 1. The van der Waals surface area contributed by atoms with Crippen molar-refractivity contribution in [2.45, 2.75) is 38.0 Å². The van der Waals surface area contributed by atoms with Crippen LogP contribution in [0.15, 0.2) is 53.0 Å². The zero-order chi connectivity index (χ0) is 33.7. The molecular weight excluding hydrogens is 598 g/mol. The Bertz CT molecular complexity index is 1710. The minimum atomic E-state index is -2.72. The molecule has 244 valence electrons. The number of benzene rings is 2. The fraction of sp³-hybridized carbons (Fsp3) is 0.394. The monoisotopic (exact) mass is 635 g/mol.